The number of ether oxygens (including phenoxy) is 1. The summed E-state index contributed by atoms with van der Waals surface area (Å²) in [4.78, 5) is 34.3. The summed E-state index contributed by atoms with van der Waals surface area (Å²) in [7, 11) is 1.85. The molecular formula is C29H31FN6O3. The number of hydrogen-bond acceptors (Lipinski definition) is 6. The lowest BCUT2D eigenvalue weighted by molar-refractivity contribution is -0.117. The van der Waals surface area contributed by atoms with Crippen LogP contribution < -0.4 is 10.6 Å². The fourth-order valence-corrected chi connectivity index (χ4v) is 5.01. The minimum Gasteiger partial charge on any atom is -0.444 e. The molecule has 4 aromatic rings. The van der Waals surface area contributed by atoms with Gasteiger partial charge in [-0.15, -0.1) is 0 Å². The van der Waals surface area contributed by atoms with Gasteiger partial charge in [0.05, 0.1) is 11.9 Å². The highest BCUT2D eigenvalue weighted by atomic mass is 19.1. The molecule has 1 aliphatic rings. The van der Waals surface area contributed by atoms with E-state index in [-0.39, 0.29) is 34.9 Å². The predicted octanol–water partition coefficient (Wildman–Crippen LogP) is 5.81. The molecule has 3 heterocycles. The van der Waals surface area contributed by atoms with Crippen molar-refractivity contribution in [1.29, 1.82) is 0 Å². The number of amides is 2. The van der Waals surface area contributed by atoms with Gasteiger partial charge in [0, 0.05) is 60.2 Å². The number of benzene rings is 1. The summed E-state index contributed by atoms with van der Waals surface area (Å²) in [6, 6.07) is 5.13. The molecule has 1 aliphatic carbocycles. The van der Waals surface area contributed by atoms with Crippen LogP contribution in [-0.4, -0.2) is 37.3 Å². The molecule has 202 valence electrons. The van der Waals surface area contributed by atoms with Gasteiger partial charge in [-0.25, -0.2) is 14.2 Å². The van der Waals surface area contributed by atoms with E-state index in [9.17, 15) is 9.59 Å². The number of nitrogens with zero attached hydrogens (tertiary/aromatic N) is 4. The van der Waals surface area contributed by atoms with E-state index in [1.54, 1.807) is 62.2 Å². The molecular weight excluding hydrogens is 499 g/mol. The third-order valence-electron chi connectivity index (χ3n) is 6.96. The molecule has 0 saturated heterocycles. The maximum atomic E-state index is 15.9. The highest BCUT2D eigenvalue weighted by molar-refractivity contribution is 6.05. The molecule has 0 aliphatic heterocycles. The monoisotopic (exact) mass is 530 g/mol. The Morgan fingerprint density at radius 1 is 1.10 bits per heavy atom. The van der Waals surface area contributed by atoms with Gasteiger partial charge in [-0.3, -0.25) is 19.8 Å². The molecule has 10 heteroatoms. The second-order valence-corrected chi connectivity index (χ2v) is 11.1. The van der Waals surface area contributed by atoms with E-state index < -0.39 is 17.5 Å². The molecule has 0 bridgehead atoms. The molecule has 0 spiro atoms. The van der Waals surface area contributed by atoms with Crippen LogP contribution in [0.25, 0.3) is 21.9 Å². The van der Waals surface area contributed by atoms with Crippen molar-refractivity contribution < 1.29 is 18.7 Å². The SMILES string of the molecule is Cc1ccncc1-c1cc2cc(NC(=O)C3C(C)C3c3cnn(C)c3)ncc2c(NC(=O)OC(C)(C)C)c1F. The standard InChI is InChI=1S/C29H31FN6O3/c1-15-7-8-31-12-20(15)19-9-17-10-22(34-27(37)24-16(2)23(24)18-11-33-36(6)14-18)32-13-21(17)26(25(19)30)35-28(38)39-29(3,4)5/h7-14,16,23-24H,1-6H3,(H,35,38)(H,32,34,37). The van der Waals surface area contributed by atoms with Crippen molar-refractivity contribution in [2.24, 2.45) is 18.9 Å². The first-order chi connectivity index (χ1) is 18.4. The molecule has 5 rings (SSSR count). The molecule has 0 radical (unpaired) electrons. The van der Waals surface area contributed by atoms with Crippen molar-refractivity contribution in [3.63, 3.8) is 0 Å². The quantitative estimate of drug-likeness (QED) is 0.337. The highest BCUT2D eigenvalue weighted by Crippen LogP contribution is 2.54. The minimum atomic E-state index is -0.788. The third kappa shape index (κ3) is 5.32. The zero-order valence-electron chi connectivity index (χ0n) is 22.7. The first-order valence-electron chi connectivity index (χ1n) is 12.8. The second kappa shape index (κ2) is 9.76. The zero-order chi connectivity index (χ0) is 28.1. The topological polar surface area (TPSA) is 111 Å². The normalized spacial score (nSPS) is 18.6. The number of nitrogens with one attached hydrogen (secondary N) is 2. The van der Waals surface area contributed by atoms with Crippen LogP contribution in [0, 0.1) is 24.6 Å². The Balaban J connectivity index is 1.50. The van der Waals surface area contributed by atoms with Crippen molar-refractivity contribution in [1.82, 2.24) is 19.7 Å². The first kappa shape index (κ1) is 26.3. The number of hydrogen-bond donors (Lipinski definition) is 2. The number of pyridine rings is 2. The fourth-order valence-electron chi connectivity index (χ4n) is 5.01. The van der Waals surface area contributed by atoms with E-state index in [0.717, 1.165) is 11.1 Å². The van der Waals surface area contributed by atoms with E-state index in [1.807, 2.05) is 27.1 Å². The number of fused-ring (bicyclic) bond motifs is 1. The van der Waals surface area contributed by atoms with Crippen LogP contribution in [0.2, 0.25) is 0 Å². The summed E-state index contributed by atoms with van der Waals surface area (Å²) >= 11 is 0. The summed E-state index contributed by atoms with van der Waals surface area (Å²) in [5.74, 6) is -0.361. The summed E-state index contributed by atoms with van der Waals surface area (Å²) in [6.07, 6.45) is 7.58. The number of aromatic nitrogens is 4. The molecule has 39 heavy (non-hydrogen) atoms. The van der Waals surface area contributed by atoms with Gasteiger partial charge in [0.25, 0.3) is 0 Å². The van der Waals surface area contributed by atoms with Gasteiger partial charge < -0.3 is 10.1 Å². The van der Waals surface area contributed by atoms with E-state index >= 15 is 4.39 Å². The van der Waals surface area contributed by atoms with Gasteiger partial charge >= 0.3 is 6.09 Å². The Morgan fingerprint density at radius 2 is 1.87 bits per heavy atom. The maximum Gasteiger partial charge on any atom is 0.412 e. The van der Waals surface area contributed by atoms with Crippen molar-refractivity contribution in [3.05, 3.63) is 66.1 Å². The Bertz CT molecular complexity index is 1590. The van der Waals surface area contributed by atoms with Crippen LogP contribution in [0.5, 0.6) is 0 Å². The summed E-state index contributed by atoms with van der Waals surface area (Å²) < 4.78 is 23.0. The third-order valence-corrected chi connectivity index (χ3v) is 6.96. The van der Waals surface area contributed by atoms with E-state index in [1.165, 1.54) is 6.20 Å². The van der Waals surface area contributed by atoms with Crippen LogP contribution in [0.15, 0.2) is 49.2 Å². The van der Waals surface area contributed by atoms with E-state index in [2.05, 4.69) is 25.7 Å². The zero-order valence-corrected chi connectivity index (χ0v) is 22.7. The first-order valence-corrected chi connectivity index (χ1v) is 12.8. The van der Waals surface area contributed by atoms with Crippen molar-refractivity contribution in [2.75, 3.05) is 10.6 Å². The number of aryl methyl sites for hydroxylation is 2. The lowest BCUT2D eigenvalue weighted by atomic mass is 9.98. The number of carbonyl (C=O) groups excluding carboxylic acids is 2. The second-order valence-electron chi connectivity index (χ2n) is 11.1. The summed E-state index contributed by atoms with van der Waals surface area (Å²) in [6.45, 7) is 9.08. The van der Waals surface area contributed by atoms with Crippen LogP contribution >= 0.6 is 0 Å². The summed E-state index contributed by atoms with van der Waals surface area (Å²) in [5.41, 5.74) is 1.86. The molecule has 2 N–H and O–H groups in total. The molecule has 3 atom stereocenters. The van der Waals surface area contributed by atoms with Crippen LogP contribution in [0.4, 0.5) is 20.7 Å². The maximum absolute atomic E-state index is 15.9. The van der Waals surface area contributed by atoms with Gasteiger partial charge in [-0.05, 0) is 68.3 Å². The van der Waals surface area contributed by atoms with Crippen molar-refractivity contribution in [2.45, 2.75) is 46.1 Å². The molecule has 3 unspecified atom stereocenters. The smallest absolute Gasteiger partial charge is 0.412 e. The molecule has 9 nitrogen and oxygen atoms in total. The summed E-state index contributed by atoms with van der Waals surface area (Å²) in [5, 5.41) is 10.7. The van der Waals surface area contributed by atoms with E-state index in [4.69, 9.17) is 4.74 Å². The molecule has 1 saturated carbocycles. The Hall–Kier alpha value is -4.34. The van der Waals surface area contributed by atoms with Crippen molar-refractivity contribution in [3.8, 4) is 11.1 Å². The number of carbonyl (C=O) groups is 2. The number of rotatable bonds is 5. The van der Waals surface area contributed by atoms with Gasteiger partial charge in [-0.2, -0.15) is 5.10 Å². The van der Waals surface area contributed by atoms with Crippen LogP contribution in [0.3, 0.4) is 0 Å². The van der Waals surface area contributed by atoms with Crippen LogP contribution in [0.1, 0.15) is 44.7 Å². The Kier molecular flexibility index (Phi) is 6.57. The number of halogens is 1. The molecule has 2 amide bonds. The minimum absolute atomic E-state index is 0.0576. The molecule has 1 aromatic carbocycles. The van der Waals surface area contributed by atoms with Gasteiger partial charge in [-0.1, -0.05) is 6.92 Å². The Morgan fingerprint density at radius 3 is 2.54 bits per heavy atom. The van der Waals surface area contributed by atoms with E-state index in [0.29, 0.717) is 22.2 Å². The van der Waals surface area contributed by atoms with Gasteiger partial charge in [0.15, 0.2) is 5.82 Å². The average Bonchev–Trinajstić information content (AvgIpc) is 3.34. The molecule has 1 fully saturated rings. The van der Waals surface area contributed by atoms with Gasteiger partial charge in [0.1, 0.15) is 11.4 Å². The number of anilines is 2. The Labute approximate surface area is 225 Å². The lowest BCUT2D eigenvalue weighted by Crippen LogP contribution is -2.27. The lowest BCUT2D eigenvalue weighted by Gasteiger charge is -2.21. The molecule has 3 aromatic heterocycles. The largest absolute Gasteiger partial charge is 0.444 e. The average molecular weight is 531 g/mol. The van der Waals surface area contributed by atoms with Gasteiger partial charge in [0.2, 0.25) is 5.91 Å². The van der Waals surface area contributed by atoms with Crippen molar-refractivity contribution >= 4 is 34.3 Å². The predicted molar refractivity (Wildman–Crippen MR) is 147 cm³/mol. The van der Waals surface area contributed by atoms with Crippen LogP contribution in [-0.2, 0) is 16.6 Å². The highest BCUT2D eigenvalue weighted by Gasteiger charge is 2.52. The fraction of sp³-hybridized carbons (Fsp3) is 0.345.